The van der Waals surface area contributed by atoms with Crippen LogP contribution in [0.3, 0.4) is 0 Å². The summed E-state index contributed by atoms with van der Waals surface area (Å²) in [6.07, 6.45) is 6.54. The van der Waals surface area contributed by atoms with E-state index < -0.39 is 59.6 Å². The smallest absolute Gasteiger partial charge is 0.313 e. The van der Waals surface area contributed by atoms with E-state index in [1.54, 1.807) is 23.1 Å². The quantitative estimate of drug-likeness (QED) is 0.271. The first-order chi connectivity index (χ1) is 24.7. The number of fused-ring (bicyclic) bond motifs is 2. The van der Waals surface area contributed by atoms with Crippen molar-refractivity contribution in [2.45, 2.75) is 69.0 Å². The number of hydrogen-bond donors (Lipinski definition) is 2. The van der Waals surface area contributed by atoms with Crippen molar-refractivity contribution in [3.05, 3.63) is 60.2 Å². The maximum absolute atomic E-state index is 15.0. The normalized spacial score (nSPS) is 33.6. The van der Waals surface area contributed by atoms with E-state index in [9.17, 15) is 24.3 Å². The zero-order valence-corrected chi connectivity index (χ0v) is 29.9. The van der Waals surface area contributed by atoms with E-state index in [0.29, 0.717) is 51.3 Å². The standard InChI is InChI=1S/C38H52N4O9/c1-4-25(2)28(23-43)42-34-36(46)41(18-17-40-19-21-49-22-20-40)16-10-15-38(34)32(35(42)45)31-29(51-38)13-8-9-14-30(44)39-27(24-48-3)33(50-37(31)47)26-11-6-5-7-12-26/h5-8,10-13,15,25,27-29,31-34,43H,4,9,14,16-24H2,1-3H3,(H,39,44)/b13-8-/t25-,27-,28-,29-,31+,32+,33-,34-,38+/m0/s1. The van der Waals surface area contributed by atoms with Crippen LogP contribution in [-0.2, 0) is 38.1 Å². The van der Waals surface area contributed by atoms with Gasteiger partial charge in [0.25, 0.3) is 0 Å². The summed E-state index contributed by atoms with van der Waals surface area (Å²) >= 11 is 0. The highest BCUT2D eigenvalue weighted by molar-refractivity contribution is 5.99. The minimum Gasteiger partial charge on any atom is -0.455 e. The third-order valence-electron chi connectivity index (χ3n) is 11.2. The van der Waals surface area contributed by atoms with Gasteiger partial charge in [-0.2, -0.15) is 0 Å². The molecule has 5 heterocycles. The molecular formula is C38H52N4O9. The Hall–Kier alpha value is -3.62. The molecule has 0 radical (unpaired) electrons. The molecule has 6 rings (SSSR count). The number of aliphatic hydroxyl groups is 1. The summed E-state index contributed by atoms with van der Waals surface area (Å²) in [5.74, 6) is -3.96. The molecule has 0 aromatic heterocycles. The molecule has 0 bridgehead atoms. The SMILES string of the molecule is CC[C@H](C)[C@H](CO)N1C(=O)[C@H]2[C@@H]3C(=O)O[C@@H](c4ccccc4)[C@H](COC)NC(=O)CC/C=C\[C@@H]3O[C@]23C=CCN(CCN2CCOCC2)C(=O)[C@H]13. The summed E-state index contributed by atoms with van der Waals surface area (Å²) in [5.41, 5.74) is -0.843. The Morgan fingerprint density at radius 1 is 1.06 bits per heavy atom. The highest BCUT2D eigenvalue weighted by atomic mass is 16.6. The van der Waals surface area contributed by atoms with Gasteiger partial charge < -0.3 is 39.2 Å². The lowest BCUT2D eigenvalue weighted by Gasteiger charge is -2.40. The highest BCUT2D eigenvalue weighted by Gasteiger charge is 2.72. The lowest BCUT2D eigenvalue weighted by Crippen LogP contribution is -2.59. The number of morpholine rings is 1. The van der Waals surface area contributed by atoms with E-state index in [-0.39, 0.29) is 37.4 Å². The monoisotopic (exact) mass is 708 g/mol. The molecule has 3 saturated heterocycles. The third-order valence-corrected chi connectivity index (χ3v) is 11.2. The number of ether oxygens (including phenoxy) is 4. The van der Waals surface area contributed by atoms with E-state index in [2.05, 4.69) is 10.2 Å². The summed E-state index contributed by atoms with van der Waals surface area (Å²) in [6, 6.07) is 6.63. The van der Waals surface area contributed by atoms with E-state index in [4.69, 9.17) is 18.9 Å². The van der Waals surface area contributed by atoms with Gasteiger partial charge in [-0.1, -0.05) is 74.9 Å². The van der Waals surface area contributed by atoms with Crippen LogP contribution in [0, 0.1) is 17.8 Å². The number of likely N-dealkylation sites (tertiary alicyclic amines) is 1. The minimum atomic E-state index is -1.50. The summed E-state index contributed by atoms with van der Waals surface area (Å²) in [7, 11) is 1.51. The topological polar surface area (TPSA) is 147 Å². The Labute approximate surface area is 299 Å². The second-order valence-corrected chi connectivity index (χ2v) is 14.2. The number of hydrogen-bond acceptors (Lipinski definition) is 10. The highest BCUT2D eigenvalue weighted by Crippen LogP contribution is 2.54. The molecule has 1 spiro atoms. The van der Waals surface area contributed by atoms with Gasteiger partial charge in [0.2, 0.25) is 17.7 Å². The van der Waals surface area contributed by atoms with Crippen LogP contribution in [0.15, 0.2) is 54.6 Å². The summed E-state index contributed by atoms with van der Waals surface area (Å²) in [6.45, 7) is 7.87. The maximum Gasteiger partial charge on any atom is 0.313 e. The number of allylic oxidation sites excluding steroid dienone is 1. The lowest BCUT2D eigenvalue weighted by atomic mass is 9.77. The summed E-state index contributed by atoms with van der Waals surface area (Å²) < 4.78 is 24.2. The number of aliphatic hydroxyl groups excluding tert-OH is 1. The van der Waals surface area contributed by atoms with Gasteiger partial charge >= 0.3 is 5.97 Å². The van der Waals surface area contributed by atoms with Crippen molar-refractivity contribution >= 4 is 23.7 Å². The van der Waals surface area contributed by atoms with Gasteiger partial charge in [0, 0.05) is 46.3 Å². The Kier molecular flexibility index (Phi) is 11.9. The van der Waals surface area contributed by atoms with Gasteiger partial charge in [0.15, 0.2) is 0 Å². The van der Waals surface area contributed by atoms with Gasteiger partial charge in [-0.3, -0.25) is 24.1 Å². The van der Waals surface area contributed by atoms with Crippen LogP contribution in [0.1, 0.15) is 44.8 Å². The molecular weight excluding hydrogens is 656 g/mol. The second kappa shape index (κ2) is 16.4. The Balaban J connectivity index is 1.41. The van der Waals surface area contributed by atoms with Crippen LogP contribution in [0.25, 0.3) is 0 Å². The molecule has 13 heteroatoms. The molecule has 1 aromatic rings. The fourth-order valence-corrected chi connectivity index (χ4v) is 8.34. The van der Waals surface area contributed by atoms with Gasteiger partial charge in [0.1, 0.15) is 23.7 Å². The largest absolute Gasteiger partial charge is 0.455 e. The number of carbonyl (C=O) groups excluding carboxylic acids is 4. The summed E-state index contributed by atoms with van der Waals surface area (Å²) in [4.78, 5) is 63.0. The van der Waals surface area contributed by atoms with Crippen LogP contribution in [0.4, 0.5) is 0 Å². The van der Waals surface area contributed by atoms with Crippen LogP contribution in [0.2, 0.25) is 0 Å². The number of rotatable bonds is 10. The Morgan fingerprint density at radius 2 is 1.82 bits per heavy atom. The average Bonchev–Trinajstić information content (AvgIpc) is 3.53. The van der Waals surface area contributed by atoms with Gasteiger partial charge in [-0.05, 0) is 17.9 Å². The zero-order chi connectivity index (χ0) is 36.1. The van der Waals surface area contributed by atoms with Gasteiger partial charge in [0.05, 0.1) is 50.5 Å². The number of amides is 3. The van der Waals surface area contributed by atoms with Crippen molar-refractivity contribution in [1.82, 2.24) is 20.0 Å². The van der Waals surface area contributed by atoms with Gasteiger partial charge in [-0.25, -0.2) is 0 Å². The first-order valence-electron chi connectivity index (χ1n) is 18.3. The van der Waals surface area contributed by atoms with Crippen molar-refractivity contribution in [3.8, 4) is 0 Å². The van der Waals surface area contributed by atoms with Crippen molar-refractivity contribution in [1.29, 1.82) is 0 Å². The first kappa shape index (κ1) is 37.1. The molecule has 13 nitrogen and oxygen atoms in total. The van der Waals surface area contributed by atoms with Crippen molar-refractivity contribution in [2.75, 3.05) is 66.3 Å². The molecule has 2 N–H and O–H groups in total. The molecule has 0 saturated carbocycles. The second-order valence-electron chi connectivity index (χ2n) is 14.2. The maximum atomic E-state index is 15.0. The minimum absolute atomic E-state index is 0.0752. The fraction of sp³-hybridized carbons (Fsp3) is 0.632. The molecule has 9 atom stereocenters. The van der Waals surface area contributed by atoms with Crippen LogP contribution in [-0.4, -0.2) is 140 Å². The van der Waals surface area contributed by atoms with Gasteiger partial charge in [-0.15, -0.1) is 0 Å². The third kappa shape index (κ3) is 7.36. The van der Waals surface area contributed by atoms with E-state index >= 15 is 0 Å². The number of methoxy groups -OCH3 is 1. The number of carbonyl (C=O) groups is 4. The number of benzene rings is 1. The predicted octanol–water partition coefficient (Wildman–Crippen LogP) is 1.47. The molecule has 5 aliphatic rings. The first-order valence-corrected chi connectivity index (χ1v) is 18.3. The van der Waals surface area contributed by atoms with Crippen LogP contribution >= 0.6 is 0 Å². The summed E-state index contributed by atoms with van der Waals surface area (Å²) in [5, 5.41) is 13.7. The van der Waals surface area contributed by atoms with E-state index in [1.165, 1.54) is 12.0 Å². The zero-order valence-electron chi connectivity index (χ0n) is 29.9. The number of nitrogens with zero attached hydrogens (tertiary/aromatic N) is 3. The molecule has 3 amide bonds. The van der Waals surface area contributed by atoms with E-state index in [0.717, 1.165) is 13.1 Å². The molecule has 3 fully saturated rings. The molecule has 0 aliphatic carbocycles. The van der Waals surface area contributed by atoms with Crippen molar-refractivity contribution in [2.24, 2.45) is 17.8 Å². The number of esters is 1. The molecule has 278 valence electrons. The molecule has 51 heavy (non-hydrogen) atoms. The molecule has 0 unspecified atom stereocenters. The van der Waals surface area contributed by atoms with Crippen LogP contribution < -0.4 is 5.32 Å². The van der Waals surface area contributed by atoms with Crippen molar-refractivity contribution < 1.29 is 43.2 Å². The lowest BCUT2D eigenvalue weighted by molar-refractivity contribution is -0.163. The number of nitrogens with one attached hydrogen (secondary N) is 1. The van der Waals surface area contributed by atoms with Crippen LogP contribution in [0.5, 0.6) is 0 Å². The molecule has 1 aromatic carbocycles. The molecule has 5 aliphatic heterocycles. The predicted molar refractivity (Wildman–Crippen MR) is 186 cm³/mol. The number of cyclic esters (lactones) is 1. The van der Waals surface area contributed by atoms with E-state index in [1.807, 2.05) is 50.3 Å². The van der Waals surface area contributed by atoms with Crippen molar-refractivity contribution in [3.63, 3.8) is 0 Å². The fourth-order valence-electron chi connectivity index (χ4n) is 8.34. The average molecular weight is 709 g/mol. The Bertz CT molecular complexity index is 1470. The Morgan fingerprint density at radius 3 is 2.53 bits per heavy atom.